The number of hydrogen-bond donors (Lipinski definition) is 0. The van der Waals surface area contributed by atoms with Crippen LogP contribution in [-0.2, 0) is 11.3 Å². The molecule has 1 saturated heterocycles. The van der Waals surface area contributed by atoms with Crippen molar-refractivity contribution < 1.29 is 13.9 Å². The zero-order chi connectivity index (χ0) is 16.9. The molecule has 6 heteroatoms. The van der Waals surface area contributed by atoms with Crippen LogP contribution in [-0.4, -0.2) is 48.1 Å². The second kappa shape index (κ2) is 7.49. The van der Waals surface area contributed by atoms with Crippen LogP contribution < -0.4 is 0 Å². The highest BCUT2D eigenvalue weighted by Crippen LogP contribution is 2.33. The van der Waals surface area contributed by atoms with Crippen molar-refractivity contribution >= 4 is 6.09 Å². The molecule has 0 spiro atoms. The van der Waals surface area contributed by atoms with Gasteiger partial charge in [-0.3, -0.25) is 4.90 Å². The molecular weight excluding hydrogens is 306 g/mol. The SMILES string of the molecule is CN(C)C(c1ncco1)C1CCN(C(=O)OCc2ccccc2)C1. The molecule has 0 N–H and O–H groups in total. The topological polar surface area (TPSA) is 58.8 Å². The molecule has 1 amide bonds. The van der Waals surface area contributed by atoms with Gasteiger partial charge in [0, 0.05) is 19.0 Å². The number of ether oxygens (including phenoxy) is 1. The molecule has 1 aliphatic heterocycles. The first-order valence-electron chi connectivity index (χ1n) is 8.16. The molecule has 2 atom stereocenters. The van der Waals surface area contributed by atoms with Crippen molar-refractivity contribution in [1.29, 1.82) is 0 Å². The Hall–Kier alpha value is -2.34. The summed E-state index contributed by atoms with van der Waals surface area (Å²) in [6.45, 7) is 1.65. The van der Waals surface area contributed by atoms with Crippen LogP contribution >= 0.6 is 0 Å². The van der Waals surface area contributed by atoms with Gasteiger partial charge in [-0.25, -0.2) is 9.78 Å². The van der Waals surface area contributed by atoms with Crippen molar-refractivity contribution in [2.45, 2.75) is 19.1 Å². The van der Waals surface area contributed by atoms with Gasteiger partial charge in [0.2, 0.25) is 5.89 Å². The van der Waals surface area contributed by atoms with E-state index in [0.717, 1.165) is 12.0 Å². The standard InChI is InChI=1S/C18H23N3O3/c1-20(2)16(17-19-9-11-23-17)15-8-10-21(12-15)18(22)24-13-14-6-4-3-5-7-14/h3-7,9,11,15-16H,8,10,12-13H2,1-2H3. The summed E-state index contributed by atoms with van der Waals surface area (Å²) >= 11 is 0. The molecule has 0 bridgehead atoms. The molecular formula is C18H23N3O3. The quantitative estimate of drug-likeness (QED) is 0.844. The number of carbonyl (C=O) groups excluding carboxylic acids is 1. The van der Waals surface area contributed by atoms with Gasteiger partial charge in [0.15, 0.2) is 0 Å². The molecule has 1 fully saturated rings. The molecule has 2 unspecified atom stereocenters. The molecule has 128 valence electrons. The third-order valence-electron chi connectivity index (χ3n) is 4.40. The number of amides is 1. The predicted octanol–water partition coefficient (Wildman–Crippen LogP) is 2.94. The van der Waals surface area contributed by atoms with Gasteiger partial charge in [0.05, 0.1) is 12.2 Å². The van der Waals surface area contributed by atoms with Crippen LogP contribution in [0.15, 0.2) is 47.2 Å². The van der Waals surface area contributed by atoms with Crippen molar-refractivity contribution in [3.05, 3.63) is 54.2 Å². The molecule has 1 aliphatic rings. The van der Waals surface area contributed by atoms with Gasteiger partial charge in [0.1, 0.15) is 12.9 Å². The van der Waals surface area contributed by atoms with Crippen molar-refractivity contribution in [3.8, 4) is 0 Å². The Morgan fingerprint density at radius 2 is 2.21 bits per heavy atom. The minimum absolute atomic E-state index is 0.0620. The average molecular weight is 329 g/mol. The second-order valence-electron chi connectivity index (χ2n) is 6.31. The van der Waals surface area contributed by atoms with E-state index < -0.39 is 0 Å². The van der Waals surface area contributed by atoms with E-state index in [1.165, 1.54) is 0 Å². The Labute approximate surface area is 142 Å². The predicted molar refractivity (Wildman–Crippen MR) is 89.2 cm³/mol. The van der Waals surface area contributed by atoms with Gasteiger partial charge >= 0.3 is 6.09 Å². The molecule has 24 heavy (non-hydrogen) atoms. The highest BCUT2D eigenvalue weighted by molar-refractivity contribution is 5.68. The van der Waals surface area contributed by atoms with E-state index in [4.69, 9.17) is 9.15 Å². The van der Waals surface area contributed by atoms with Crippen LogP contribution in [0.25, 0.3) is 0 Å². The fourth-order valence-electron chi connectivity index (χ4n) is 3.25. The fourth-order valence-corrected chi connectivity index (χ4v) is 3.25. The number of hydrogen-bond acceptors (Lipinski definition) is 5. The molecule has 2 heterocycles. The average Bonchev–Trinajstić information content (AvgIpc) is 3.26. The van der Waals surface area contributed by atoms with Gasteiger partial charge in [-0.15, -0.1) is 0 Å². The smallest absolute Gasteiger partial charge is 0.410 e. The zero-order valence-corrected chi connectivity index (χ0v) is 14.1. The van der Waals surface area contributed by atoms with Crippen molar-refractivity contribution in [2.24, 2.45) is 5.92 Å². The van der Waals surface area contributed by atoms with E-state index in [1.807, 2.05) is 44.4 Å². The first-order chi connectivity index (χ1) is 11.6. The third-order valence-corrected chi connectivity index (χ3v) is 4.40. The number of likely N-dealkylation sites (tertiary alicyclic amines) is 1. The lowest BCUT2D eigenvalue weighted by Gasteiger charge is -2.27. The monoisotopic (exact) mass is 329 g/mol. The fraction of sp³-hybridized carbons (Fsp3) is 0.444. The number of aromatic nitrogens is 1. The summed E-state index contributed by atoms with van der Waals surface area (Å²) < 4.78 is 10.9. The van der Waals surface area contributed by atoms with Gasteiger partial charge in [0.25, 0.3) is 0 Å². The normalized spacial score (nSPS) is 18.8. The molecule has 0 radical (unpaired) electrons. The summed E-state index contributed by atoms with van der Waals surface area (Å²) in [6.07, 6.45) is 3.90. The minimum atomic E-state index is -0.258. The molecule has 1 aromatic heterocycles. The highest BCUT2D eigenvalue weighted by Gasteiger charge is 2.36. The largest absolute Gasteiger partial charge is 0.447 e. The van der Waals surface area contributed by atoms with Crippen molar-refractivity contribution in [3.63, 3.8) is 0 Å². The van der Waals surface area contributed by atoms with E-state index in [1.54, 1.807) is 17.4 Å². The highest BCUT2D eigenvalue weighted by atomic mass is 16.6. The maximum atomic E-state index is 12.3. The first-order valence-corrected chi connectivity index (χ1v) is 8.16. The third kappa shape index (κ3) is 3.76. The summed E-state index contributed by atoms with van der Waals surface area (Å²) in [7, 11) is 4.01. The summed E-state index contributed by atoms with van der Waals surface area (Å²) in [6, 6.07) is 9.78. The molecule has 0 aliphatic carbocycles. The number of rotatable bonds is 5. The van der Waals surface area contributed by atoms with Gasteiger partial charge in [-0.05, 0) is 26.1 Å². The van der Waals surface area contributed by atoms with Gasteiger partial charge < -0.3 is 14.1 Å². The van der Waals surface area contributed by atoms with E-state index >= 15 is 0 Å². The summed E-state index contributed by atoms with van der Waals surface area (Å²) in [5.41, 5.74) is 0.993. The summed E-state index contributed by atoms with van der Waals surface area (Å²) in [5, 5.41) is 0. The Morgan fingerprint density at radius 3 is 2.88 bits per heavy atom. The van der Waals surface area contributed by atoms with Crippen LogP contribution in [0.1, 0.15) is 23.9 Å². The van der Waals surface area contributed by atoms with E-state index in [9.17, 15) is 4.79 Å². The van der Waals surface area contributed by atoms with Crippen molar-refractivity contribution in [1.82, 2.24) is 14.8 Å². The van der Waals surface area contributed by atoms with Crippen LogP contribution in [0.4, 0.5) is 4.79 Å². The summed E-state index contributed by atoms with van der Waals surface area (Å²) in [4.78, 5) is 20.4. The molecule has 2 aromatic rings. The maximum absolute atomic E-state index is 12.3. The van der Waals surface area contributed by atoms with Gasteiger partial charge in [-0.1, -0.05) is 30.3 Å². The van der Waals surface area contributed by atoms with Gasteiger partial charge in [-0.2, -0.15) is 0 Å². The lowest BCUT2D eigenvalue weighted by molar-refractivity contribution is 0.0992. The second-order valence-corrected chi connectivity index (χ2v) is 6.31. The van der Waals surface area contributed by atoms with Crippen LogP contribution in [0.5, 0.6) is 0 Å². The minimum Gasteiger partial charge on any atom is -0.447 e. The Balaban J connectivity index is 1.57. The maximum Gasteiger partial charge on any atom is 0.410 e. The molecule has 1 aromatic carbocycles. The Morgan fingerprint density at radius 1 is 1.42 bits per heavy atom. The number of carbonyl (C=O) groups is 1. The van der Waals surface area contributed by atoms with E-state index in [0.29, 0.717) is 25.6 Å². The Kier molecular flexibility index (Phi) is 5.15. The molecule has 6 nitrogen and oxygen atoms in total. The van der Waals surface area contributed by atoms with Crippen LogP contribution in [0, 0.1) is 5.92 Å². The summed E-state index contributed by atoms with van der Waals surface area (Å²) in [5.74, 6) is 0.979. The van der Waals surface area contributed by atoms with Crippen LogP contribution in [0.3, 0.4) is 0 Å². The number of nitrogens with zero attached hydrogens (tertiary/aromatic N) is 3. The molecule has 3 rings (SSSR count). The van der Waals surface area contributed by atoms with Crippen molar-refractivity contribution in [2.75, 3.05) is 27.2 Å². The van der Waals surface area contributed by atoms with E-state index in [-0.39, 0.29) is 18.1 Å². The zero-order valence-electron chi connectivity index (χ0n) is 14.1. The number of oxazole rings is 1. The van der Waals surface area contributed by atoms with Crippen LogP contribution in [0.2, 0.25) is 0 Å². The lowest BCUT2D eigenvalue weighted by atomic mass is 9.98. The Bertz CT molecular complexity index is 643. The number of benzene rings is 1. The lowest BCUT2D eigenvalue weighted by Crippen LogP contribution is -2.33. The molecule has 0 saturated carbocycles. The van der Waals surface area contributed by atoms with E-state index in [2.05, 4.69) is 9.88 Å². The first kappa shape index (κ1) is 16.5.